The molecule has 47 heavy (non-hydrogen) atoms. The highest BCUT2D eigenvalue weighted by Gasteiger charge is 2.53. The number of hydrogen-bond acceptors (Lipinski definition) is 16. The lowest BCUT2D eigenvalue weighted by Crippen LogP contribution is -2.63. The first-order valence-corrected chi connectivity index (χ1v) is 15.0. The van der Waals surface area contributed by atoms with E-state index in [0.717, 1.165) is 0 Å². The molecule has 3 aliphatic heterocycles. The van der Waals surface area contributed by atoms with Gasteiger partial charge in [-0.2, -0.15) is 0 Å². The molecule has 0 aliphatic carbocycles. The summed E-state index contributed by atoms with van der Waals surface area (Å²) in [7, 11) is 0. The molecule has 16 nitrogen and oxygen atoms in total. The normalized spacial score (nSPS) is 37.2. The summed E-state index contributed by atoms with van der Waals surface area (Å²) in [5, 5.41) is 72.8. The number of benzene rings is 1. The van der Waals surface area contributed by atoms with Gasteiger partial charge in [0.05, 0.1) is 18.8 Å². The highest BCUT2D eigenvalue weighted by molar-refractivity contribution is 5.89. The van der Waals surface area contributed by atoms with Crippen molar-refractivity contribution in [3.63, 3.8) is 0 Å². The minimum Gasteiger partial charge on any atom is -0.484 e. The fourth-order valence-electron chi connectivity index (χ4n) is 5.74. The molecule has 12 atom stereocenters. The van der Waals surface area contributed by atoms with Gasteiger partial charge in [-0.15, -0.1) is 0 Å². The van der Waals surface area contributed by atoms with Crippen LogP contribution in [0.1, 0.15) is 39.4 Å². The standard InChI is InChI=1S/C31H40O16/c1-5-12(2)28(40)45-26-18-14(8-6-13-7-9-17(33)44-25(13)18)47-31(3,4)27(26)46-30-24(39)22(37)20(35)16(43-30)11-41-29-23(38)21(36)19(34)15(10-32)42-29/h5-9,15-16,19-24,26-27,29-30,32,34-39H,10-11H2,1-4H3/t15-,16-,19-,20-,21+,22+,23-,24-,26-,27-,29-,30+/m1/s1. The summed E-state index contributed by atoms with van der Waals surface area (Å²) >= 11 is 0. The van der Waals surface area contributed by atoms with E-state index in [1.165, 1.54) is 12.1 Å². The van der Waals surface area contributed by atoms with Crippen LogP contribution >= 0.6 is 0 Å². The van der Waals surface area contributed by atoms with Crippen molar-refractivity contribution in [3.05, 3.63) is 51.9 Å². The number of ether oxygens (including phenoxy) is 6. The van der Waals surface area contributed by atoms with Crippen molar-refractivity contribution in [1.29, 1.82) is 0 Å². The van der Waals surface area contributed by atoms with Gasteiger partial charge in [0.15, 0.2) is 18.7 Å². The molecule has 0 amide bonds. The lowest BCUT2D eigenvalue weighted by atomic mass is 9.86. The molecule has 1 aromatic heterocycles. The Morgan fingerprint density at radius 3 is 2.17 bits per heavy atom. The van der Waals surface area contributed by atoms with Gasteiger partial charge in [0.2, 0.25) is 0 Å². The number of carbonyl (C=O) groups is 1. The molecule has 5 rings (SSSR count). The Morgan fingerprint density at radius 2 is 1.51 bits per heavy atom. The molecule has 0 radical (unpaired) electrons. The number of esters is 1. The number of allylic oxidation sites excluding steroid dienone is 1. The lowest BCUT2D eigenvalue weighted by Gasteiger charge is -2.47. The number of aliphatic hydroxyl groups is 7. The molecular weight excluding hydrogens is 628 g/mol. The molecule has 0 spiro atoms. The minimum atomic E-state index is -1.85. The zero-order valence-electron chi connectivity index (χ0n) is 26.0. The van der Waals surface area contributed by atoms with E-state index >= 15 is 0 Å². The molecule has 2 aromatic rings. The van der Waals surface area contributed by atoms with E-state index in [2.05, 4.69) is 0 Å². The second-order valence-electron chi connectivity index (χ2n) is 12.3. The van der Waals surface area contributed by atoms with Crippen LogP contribution in [-0.2, 0) is 28.5 Å². The predicted octanol–water partition coefficient (Wildman–Crippen LogP) is -1.48. The van der Waals surface area contributed by atoms with Gasteiger partial charge in [-0.25, -0.2) is 9.59 Å². The molecule has 7 N–H and O–H groups in total. The zero-order valence-corrected chi connectivity index (χ0v) is 26.0. The monoisotopic (exact) mass is 668 g/mol. The highest BCUT2D eigenvalue weighted by atomic mass is 16.7. The SMILES string of the molecule is CC=C(C)C(=O)O[C@@H]1c2c(ccc3ccc(=O)oc23)OC(C)(C)[C@@H]1O[C@@H]1O[C@H](CO[C@@H]2O[C@H](CO)[C@@H](O)[C@H](O)[C@H]2O)[C@@H](O)[C@H](O)[C@H]1O. The van der Waals surface area contributed by atoms with Gasteiger partial charge in [-0.05, 0) is 45.9 Å². The molecule has 260 valence electrons. The van der Waals surface area contributed by atoms with Gasteiger partial charge in [0.1, 0.15) is 71.9 Å². The second kappa shape index (κ2) is 13.9. The molecule has 2 fully saturated rings. The number of hydrogen-bond donors (Lipinski definition) is 7. The van der Waals surface area contributed by atoms with Crippen LogP contribution in [-0.4, -0.2) is 128 Å². The van der Waals surface area contributed by atoms with E-state index in [1.54, 1.807) is 45.9 Å². The summed E-state index contributed by atoms with van der Waals surface area (Å²) in [6.45, 7) is 5.14. The van der Waals surface area contributed by atoms with Crippen LogP contribution < -0.4 is 10.4 Å². The topological polar surface area (TPSA) is 244 Å². The van der Waals surface area contributed by atoms with Crippen molar-refractivity contribution in [1.82, 2.24) is 0 Å². The van der Waals surface area contributed by atoms with E-state index in [0.29, 0.717) is 5.39 Å². The van der Waals surface area contributed by atoms with Gasteiger partial charge in [-0.3, -0.25) is 0 Å². The van der Waals surface area contributed by atoms with Gasteiger partial charge >= 0.3 is 11.6 Å². The Balaban J connectivity index is 1.45. The number of fused-ring (bicyclic) bond motifs is 3. The fraction of sp³-hybridized carbons (Fsp3) is 0.613. The predicted molar refractivity (Wildman–Crippen MR) is 157 cm³/mol. The van der Waals surface area contributed by atoms with Gasteiger partial charge in [0.25, 0.3) is 0 Å². The Morgan fingerprint density at radius 1 is 0.894 bits per heavy atom. The molecule has 3 aliphatic rings. The van der Waals surface area contributed by atoms with E-state index in [-0.39, 0.29) is 22.5 Å². The molecule has 2 saturated heterocycles. The summed E-state index contributed by atoms with van der Waals surface area (Å²) < 4.78 is 40.6. The number of carbonyl (C=O) groups excluding carboxylic acids is 1. The van der Waals surface area contributed by atoms with E-state index in [4.69, 9.17) is 32.8 Å². The molecule has 4 heterocycles. The first-order valence-electron chi connectivity index (χ1n) is 15.0. The first-order chi connectivity index (χ1) is 22.2. The maximum absolute atomic E-state index is 13.1. The minimum absolute atomic E-state index is 0.0707. The summed E-state index contributed by atoms with van der Waals surface area (Å²) in [5.41, 5.74) is -1.48. The largest absolute Gasteiger partial charge is 0.484 e. The maximum Gasteiger partial charge on any atom is 0.336 e. The van der Waals surface area contributed by atoms with Crippen molar-refractivity contribution < 1.29 is 73.4 Å². The summed E-state index contributed by atoms with van der Waals surface area (Å²) in [6, 6.07) is 6.04. The van der Waals surface area contributed by atoms with Crippen molar-refractivity contribution in [2.75, 3.05) is 13.2 Å². The van der Waals surface area contributed by atoms with Gasteiger partial charge in [-0.1, -0.05) is 6.08 Å². The fourth-order valence-corrected chi connectivity index (χ4v) is 5.74. The average Bonchev–Trinajstić information content (AvgIpc) is 3.04. The summed E-state index contributed by atoms with van der Waals surface area (Å²) in [4.78, 5) is 25.4. The van der Waals surface area contributed by atoms with E-state index in [9.17, 15) is 45.3 Å². The quantitative estimate of drug-likeness (QED) is 0.0964. The van der Waals surface area contributed by atoms with Crippen LogP contribution in [0.3, 0.4) is 0 Å². The van der Waals surface area contributed by atoms with Gasteiger partial charge < -0.3 is 68.6 Å². The Hall–Kier alpha value is -3.00. The summed E-state index contributed by atoms with van der Waals surface area (Å²) in [6.07, 6.45) is -17.5. The third-order valence-electron chi connectivity index (χ3n) is 8.62. The maximum atomic E-state index is 13.1. The number of rotatable bonds is 8. The third kappa shape index (κ3) is 6.81. The lowest BCUT2D eigenvalue weighted by molar-refractivity contribution is -0.346. The first kappa shape index (κ1) is 35.3. The van der Waals surface area contributed by atoms with Crippen LogP contribution in [0.2, 0.25) is 0 Å². The number of aliphatic hydroxyl groups excluding tert-OH is 7. The molecular formula is C31H40O16. The Labute approximate surface area is 268 Å². The molecule has 16 heteroatoms. The van der Waals surface area contributed by atoms with Gasteiger partial charge in [0, 0.05) is 17.0 Å². The Bertz CT molecular complexity index is 1520. The molecule has 0 unspecified atom stereocenters. The van der Waals surface area contributed by atoms with Crippen molar-refractivity contribution in [2.45, 2.75) is 107 Å². The zero-order chi connectivity index (χ0) is 34.4. The second-order valence-corrected chi connectivity index (χ2v) is 12.3. The van der Waals surface area contributed by atoms with Crippen LogP contribution in [0.4, 0.5) is 0 Å². The van der Waals surface area contributed by atoms with Crippen molar-refractivity contribution >= 4 is 16.9 Å². The van der Waals surface area contributed by atoms with Crippen molar-refractivity contribution in [2.24, 2.45) is 0 Å². The Kier molecular flexibility index (Phi) is 10.4. The molecule has 1 aromatic carbocycles. The molecule has 0 saturated carbocycles. The highest BCUT2D eigenvalue weighted by Crippen LogP contribution is 2.47. The molecule has 0 bridgehead atoms. The summed E-state index contributed by atoms with van der Waals surface area (Å²) in [5.74, 6) is -0.490. The van der Waals surface area contributed by atoms with E-state index < -0.39 is 104 Å². The van der Waals surface area contributed by atoms with Crippen LogP contribution in [0.25, 0.3) is 11.0 Å². The van der Waals surface area contributed by atoms with Crippen LogP contribution in [0.15, 0.2) is 45.1 Å². The smallest absolute Gasteiger partial charge is 0.336 e. The van der Waals surface area contributed by atoms with Crippen LogP contribution in [0, 0.1) is 0 Å². The average molecular weight is 669 g/mol. The third-order valence-corrected chi connectivity index (χ3v) is 8.62. The van der Waals surface area contributed by atoms with Crippen LogP contribution in [0.5, 0.6) is 5.75 Å². The van der Waals surface area contributed by atoms with E-state index in [1.807, 2.05) is 0 Å². The van der Waals surface area contributed by atoms with Crippen molar-refractivity contribution in [3.8, 4) is 5.75 Å².